The van der Waals surface area contributed by atoms with Gasteiger partial charge in [0.15, 0.2) is 0 Å². The van der Waals surface area contributed by atoms with Gasteiger partial charge in [-0.2, -0.15) is 0 Å². The Kier molecular flexibility index (Phi) is 4.13. The lowest BCUT2D eigenvalue weighted by atomic mass is 9.89. The molecule has 2 aliphatic rings. The molecule has 2 fully saturated rings. The lowest BCUT2D eigenvalue weighted by molar-refractivity contribution is -0.149. The Bertz CT molecular complexity index is 368. The van der Waals surface area contributed by atoms with E-state index < -0.39 is 5.54 Å². The topological polar surface area (TPSA) is 61.4 Å². The minimum absolute atomic E-state index is 0.0586. The van der Waals surface area contributed by atoms with Crippen LogP contribution in [0.15, 0.2) is 0 Å². The maximum Gasteiger partial charge on any atom is 0.245 e. The average Bonchev–Trinajstić information content (AvgIpc) is 2.35. The maximum absolute atomic E-state index is 12.5. The fraction of sp³-hybridized carbons (Fsp3) is 0.857. The van der Waals surface area contributed by atoms with Crippen molar-refractivity contribution >= 4 is 11.8 Å². The van der Waals surface area contributed by atoms with Crippen LogP contribution in [-0.2, 0) is 9.59 Å². The molecule has 2 amide bonds. The van der Waals surface area contributed by atoms with Crippen molar-refractivity contribution in [1.82, 2.24) is 15.5 Å². The molecule has 0 saturated carbocycles. The number of piperidine rings is 1. The molecule has 0 spiro atoms. The molecule has 2 atom stereocenters. The van der Waals surface area contributed by atoms with Gasteiger partial charge in [-0.1, -0.05) is 6.92 Å². The van der Waals surface area contributed by atoms with Crippen LogP contribution in [0.3, 0.4) is 0 Å². The van der Waals surface area contributed by atoms with Gasteiger partial charge in [0.05, 0.1) is 0 Å². The monoisotopic (exact) mass is 267 g/mol. The third-order valence-corrected chi connectivity index (χ3v) is 4.48. The number of rotatable bonds is 2. The molecule has 108 valence electrons. The van der Waals surface area contributed by atoms with Crippen molar-refractivity contribution in [2.75, 3.05) is 19.6 Å². The van der Waals surface area contributed by atoms with Gasteiger partial charge in [0.2, 0.25) is 11.8 Å². The summed E-state index contributed by atoms with van der Waals surface area (Å²) >= 11 is 0. The van der Waals surface area contributed by atoms with Gasteiger partial charge in [0, 0.05) is 25.6 Å². The highest BCUT2D eigenvalue weighted by Crippen LogP contribution is 2.23. The third kappa shape index (κ3) is 2.91. The summed E-state index contributed by atoms with van der Waals surface area (Å²) in [5.41, 5.74) is -0.729. The summed E-state index contributed by atoms with van der Waals surface area (Å²) < 4.78 is 0. The fourth-order valence-corrected chi connectivity index (χ4v) is 3.02. The molecule has 0 bridgehead atoms. The molecule has 2 heterocycles. The molecule has 2 aliphatic heterocycles. The predicted octanol–water partition coefficient (Wildman–Crippen LogP) is 0.502. The predicted molar refractivity (Wildman–Crippen MR) is 73.6 cm³/mol. The van der Waals surface area contributed by atoms with Crippen LogP contribution in [0.5, 0.6) is 0 Å². The summed E-state index contributed by atoms with van der Waals surface area (Å²) in [6.07, 6.45) is 2.86. The fourth-order valence-electron chi connectivity index (χ4n) is 3.02. The van der Waals surface area contributed by atoms with Crippen LogP contribution in [0, 0.1) is 5.92 Å². The van der Waals surface area contributed by atoms with E-state index in [4.69, 9.17) is 0 Å². The smallest absolute Gasteiger partial charge is 0.245 e. The van der Waals surface area contributed by atoms with Crippen LogP contribution in [-0.4, -0.2) is 47.9 Å². The molecule has 0 aromatic heterocycles. The van der Waals surface area contributed by atoms with E-state index in [1.54, 1.807) is 4.90 Å². The minimum Gasteiger partial charge on any atom is -0.352 e. The van der Waals surface area contributed by atoms with Crippen molar-refractivity contribution in [2.45, 2.75) is 51.6 Å². The van der Waals surface area contributed by atoms with Crippen LogP contribution in [0.4, 0.5) is 0 Å². The molecule has 5 heteroatoms. The van der Waals surface area contributed by atoms with E-state index in [0.29, 0.717) is 25.4 Å². The second-order valence-electron chi connectivity index (χ2n) is 6.24. The SMILES string of the molecule is CC1CCCNC1CC(=O)N1CCNC(=O)C1(C)C. The highest BCUT2D eigenvalue weighted by atomic mass is 16.2. The van der Waals surface area contributed by atoms with Gasteiger partial charge in [-0.15, -0.1) is 0 Å². The second-order valence-corrected chi connectivity index (χ2v) is 6.24. The van der Waals surface area contributed by atoms with E-state index in [1.807, 2.05) is 13.8 Å². The maximum atomic E-state index is 12.5. The van der Waals surface area contributed by atoms with Gasteiger partial charge in [-0.05, 0) is 39.2 Å². The van der Waals surface area contributed by atoms with E-state index >= 15 is 0 Å². The van der Waals surface area contributed by atoms with E-state index in [0.717, 1.165) is 6.54 Å². The molecule has 2 unspecified atom stereocenters. The van der Waals surface area contributed by atoms with Crippen LogP contribution in [0.25, 0.3) is 0 Å². The number of amides is 2. The number of carbonyl (C=O) groups excluding carboxylic acids is 2. The quantitative estimate of drug-likeness (QED) is 0.766. The van der Waals surface area contributed by atoms with Gasteiger partial charge < -0.3 is 15.5 Å². The van der Waals surface area contributed by atoms with Crippen molar-refractivity contribution in [3.63, 3.8) is 0 Å². The molecule has 0 aromatic carbocycles. The van der Waals surface area contributed by atoms with E-state index in [2.05, 4.69) is 17.6 Å². The second kappa shape index (κ2) is 5.49. The van der Waals surface area contributed by atoms with Crippen LogP contribution < -0.4 is 10.6 Å². The average molecular weight is 267 g/mol. The van der Waals surface area contributed by atoms with Gasteiger partial charge in [0.1, 0.15) is 5.54 Å². The number of nitrogens with one attached hydrogen (secondary N) is 2. The summed E-state index contributed by atoms with van der Waals surface area (Å²) in [6, 6.07) is 0.252. The normalized spacial score (nSPS) is 30.9. The highest BCUT2D eigenvalue weighted by Gasteiger charge is 2.41. The Morgan fingerprint density at radius 3 is 2.84 bits per heavy atom. The zero-order valence-corrected chi connectivity index (χ0v) is 12.2. The van der Waals surface area contributed by atoms with Crippen LogP contribution >= 0.6 is 0 Å². The zero-order chi connectivity index (χ0) is 14.0. The van der Waals surface area contributed by atoms with E-state index in [9.17, 15) is 9.59 Å². The molecule has 0 radical (unpaired) electrons. The summed E-state index contributed by atoms with van der Waals surface area (Å²) in [4.78, 5) is 26.1. The van der Waals surface area contributed by atoms with Crippen molar-refractivity contribution in [3.05, 3.63) is 0 Å². The van der Waals surface area contributed by atoms with Gasteiger partial charge >= 0.3 is 0 Å². The van der Waals surface area contributed by atoms with Gasteiger partial charge in [-0.3, -0.25) is 9.59 Å². The summed E-state index contributed by atoms with van der Waals surface area (Å²) in [7, 11) is 0. The molecule has 0 aliphatic carbocycles. The first-order valence-electron chi connectivity index (χ1n) is 7.25. The number of hydrogen-bond acceptors (Lipinski definition) is 3. The first-order valence-corrected chi connectivity index (χ1v) is 7.25. The van der Waals surface area contributed by atoms with Gasteiger partial charge in [0.25, 0.3) is 0 Å². The minimum atomic E-state index is -0.729. The standard InChI is InChI=1S/C14H25N3O2/c1-10-5-4-6-15-11(10)9-12(18)17-8-7-16-13(19)14(17,2)3/h10-11,15H,4-9H2,1-3H3,(H,16,19). The van der Waals surface area contributed by atoms with Crippen LogP contribution in [0.1, 0.15) is 40.0 Å². The van der Waals surface area contributed by atoms with E-state index in [-0.39, 0.29) is 17.9 Å². The lowest BCUT2D eigenvalue weighted by Gasteiger charge is -2.42. The first kappa shape index (κ1) is 14.3. The largest absolute Gasteiger partial charge is 0.352 e. The Balaban J connectivity index is 2.00. The summed E-state index contributed by atoms with van der Waals surface area (Å²) in [6.45, 7) is 7.99. The Labute approximate surface area is 115 Å². The number of nitrogens with zero attached hydrogens (tertiary/aromatic N) is 1. The molecule has 19 heavy (non-hydrogen) atoms. The molecule has 2 rings (SSSR count). The Hall–Kier alpha value is -1.10. The summed E-state index contributed by atoms with van der Waals surface area (Å²) in [5.74, 6) is 0.558. The molecular formula is C14H25N3O2. The Morgan fingerprint density at radius 1 is 1.42 bits per heavy atom. The first-order chi connectivity index (χ1) is 8.93. The van der Waals surface area contributed by atoms with Crippen molar-refractivity contribution in [1.29, 1.82) is 0 Å². The lowest BCUT2D eigenvalue weighted by Crippen LogP contribution is -2.64. The number of hydrogen-bond donors (Lipinski definition) is 2. The molecule has 5 nitrogen and oxygen atoms in total. The summed E-state index contributed by atoms with van der Waals surface area (Å²) in [5, 5.41) is 6.25. The van der Waals surface area contributed by atoms with Crippen molar-refractivity contribution in [2.24, 2.45) is 5.92 Å². The zero-order valence-electron chi connectivity index (χ0n) is 12.2. The van der Waals surface area contributed by atoms with Crippen LogP contribution in [0.2, 0.25) is 0 Å². The van der Waals surface area contributed by atoms with E-state index in [1.165, 1.54) is 12.8 Å². The highest BCUT2D eigenvalue weighted by molar-refractivity contribution is 5.92. The molecule has 0 aromatic rings. The molecular weight excluding hydrogens is 242 g/mol. The van der Waals surface area contributed by atoms with Crippen molar-refractivity contribution < 1.29 is 9.59 Å². The number of piperazine rings is 1. The Morgan fingerprint density at radius 2 is 2.16 bits per heavy atom. The van der Waals surface area contributed by atoms with Gasteiger partial charge in [-0.25, -0.2) is 0 Å². The number of carbonyl (C=O) groups is 2. The van der Waals surface area contributed by atoms with Crippen molar-refractivity contribution in [3.8, 4) is 0 Å². The third-order valence-electron chi connectivity index (χ3n) is 4.48. The molecule has 2 saturated heterocycles. The molecule has 2 N–H and O–H groups in total.